The number of hydrogen-bond acceptors (Lipinski definition) is 4. The standard InChI is InChI=1S/C28H32N2O3/c1-2-3-4-5-6-7-8-16-27(31)30-29-21-22-17-19-24(20-18-22)33-28(32)26-15-11-13-23-12-9-10-14-25(23)26/h9-15,17-21H,2-8,16H2,1H3,(H,30,31). The van der Waals surface area contributed by atoms with Gasteiger partial charge in [-0.05, 0) is 53.1 Å². The summed E-state index contributed by atoms with van der Waals surface area (Å²) in [6, 6.07) is 20.3. The van der Waals surface area contributed by atoms with Crippen LogP contribution in [0.2, 0.25) is 0 Å². The summed E-state index contributed by atoms with van der Waals surface area (Å²) in [5.41, 5.74) is 3.90. The number of amides is 1. The number of rotatable bonds is 12. The molecule has 5 heteroatoms. The van der Waals surface area contributed by atoms with Crippen molar-refractivity contribution in [2.75, 3.05) is 0 Å². The summed E-state index contributed by atoms with van der Waals surface area (Å²) < 4.78 is 5.54. The highest BCUT2D eigenvalue weighted by atomic mass is 16.5. The Morgan fingerprint density at radius 3 is 2.33 bits per heavy atom. The Bertz CT molecular complexity index is 1070. The molecular weight excluding hydrogens is 412 g/mol. The second-order valence-electron chi connectivity index (χ2n) is 8.15. The van der Waals surface area contributed by atoms with E-state index < -0.39 is 5.97 Å². The summed E-state index contributed by atoms with van der Waals surface area (Å²) in [4.78, 5) is 24.5. The highest BCUT2D eigenvalue weighted by Gasteiger charge is 2.12. The van der Waals surface area contributed by atoms with Crippen LogP contribution in [0.1, 0.15) is 74.2 Å². The number of hydrazone groups is 1. The summed E-state index contributed by atoms with van der Waals surface area (Å²) in [6.07, 6.45) is 10.3. The lowest BCUT2D eigenvalue weighted by Gasteiger charge is -2.07. The van der Waals surface area contributed by atoms with Crippen LogP contribution >= 0.6 is 0 Å². The van der Waals surface area contributed by atoms with Crippen molar-refractivity contribution >= 4 is 28.9 Å². The fourth-order valence-corrected chi connectivity index (χ4v) is 3.66. The third-order valence-corrected chi connectivity index (χ3v) is 5.51. The van der Waals surface area contributed by atoms with E-state index in [4.69, 9.17) is 4.74 Å². The Morgan fingerprint density at radius 2 is 1.55 bits per heavy atom. The zero-order chi connectivity index (χ0) is 23.3. The van der Waals surface area contributed by atoms with Gasteiger partial charge in [-0.3, -0.25) is 4.79 Å². The number of nitrogens with one attached hydrogen (secondary N) is 1. The average Bonchev–Trinajstić information content (AvgIpc) is 2.84. The first-order chi connectivity index (χ1) is 16.2. The molecule has 0 fully saturated rings. The molecule has 0 heterocycles. The van der Waals surface area contributed by atoms with Gasteiger partial charge >= 0.3 is 5.97 Å². The Labute approximate surface area is 195 Å². The topological polar surface area (TPSA) is 67.8 Å². The molecule has 33 heavy (non-hydrogen) atoms. The quantitative estimate of drug-likeness (QED) is 0.112. The zero-order valence-electron chi connectivity index (χ0n) is 19.3. The summed E-state index contributed by atoms with van der Waals surface area (Å²) in [5.74, 6) is -0.0145. The molecule has 0 aliphatic heterocycles. The average molecular weight is 445 g/mol. The maximum Gasteiger partial charge on any atom is 0.344 e. The van der Waals surface area contributed by atoms with Gasteiger partial charge in [0.05, 0.1) is 11.8 Å². The van der Waals surface area contributed by atoms with Crippen LogP contribution in [0.25, 0.3) is 10.8 Å². The number of fused-ring (bicyclic) bond motifs is 1. The molecule has 5 nitrogen and oxygen atoms in total. The van der Waals surface area contributed by atoms with Gasteiger partial charge in [0.15, 0.2) is 0 Å². The molecule has 0 unspecified atom stereocenters. The van der Waals surface area contributed by atoms with Gasteiger partial charge in [0.2, 0.25) is 5.91 Å². The Morgan fingerprint density at radius 1 is 0.848 bits per heavy atom. The molecule has 3 rings (SSSR count). The van der Waals surface area contributed by atoms with Gasteiger partial charge in [-0.15, -0.1) is 0 Å². The van der Waals surface area contributed by atoms with Gasteiger partial charge in [-0.1, -0.05) is 81.8 Å². The van der Waals surface area contributed by atoms with Crippen molar-refractivity contribution in [1.82, 2.24) is 5.43 Å². The zero-order valence-corrected chi connectivity index (χ0v) is 19.3. The van der Waals surface area contributed by atoms with Crippen molar-refractivity contribution in [3.63, 3.8) is 0 Å². The number of ether oxygens (including phenoxy) is 1. The van der Waals surface area contributed by atoms with Crippen molar-refractivity contribution in [3.05, 3.63) is 77.9 Å². The third-order valence-electron chi connectivity index (χ3n) is 5.51. The van der Waals surface area contributed by atoms with E-state index >= 15 is 0 Å². The van der Waals surface area contributed by atoms with E-state index in [0.717, 1.165) is 29.2 Å². The lowest BCUT2D eigenvalue weighted by Crippen LogP contribution is -2.16. The molecule has 0 aromatic heterocycles. The summed E-state index contributed by atoms with van der Waals surface area (Å²) >= 11 is 0. The fraction of sp³-hybridized carbons (Fsp3) is 0.321. The number of benzene rings is 3. The Kier molecular flexibility index (Phi) is 9.64. The van der Waals surface area contributed by atoms with Crippen LogP contribution < -0.4 is 10.2 Å². The normalized spacial score (nSPS) is 11.1. The summed E-state index contributed by atoms with van der Waals surface area (Å²) in [7, 11) is 0. The molecule has 0 spiro atoms. The predicted molar refractivity (Wildman–Crippen MR) is 134 cm³/mol. The van der Waals surface area contributed by atoms with E-state index in [9.17, 15) is 9.59 Å². The molecule has 0 saturated heterocycles. The number of carbonyl (C=O) groups excluding carboxylic acids is 2. The number of nitrogens with zero attached hydrogens (tertiary/aromatic N) is 1. The lowest BCUT2D eigenvalue weighted by atomic mass is 10.0. The van der Waals surface area contributed by atoms with E-state index in [1.165, 1.54) is 32.1 Å². The lowest BCUT2D eigenvalue weighted by molar-refractivity contribution is -0.121. The molecule has 172 valence electrons. The third kappa shape index (κ3) is 7.86. The molecule has 0 atom stereocenters. The molecule has 0 bridgehead atoms. The van der Waals surface area contributed by atoms with Crippen molar-refractivity contribution in [2.24, 2.45) is 5.10 Å². The first-order valence-electron chi connectivity index (χ1n) is 11.8. The van der Waals surface area contributed by atoms with Gasteiger partial charge in [-0.2, -0.15) is 5.10 Å². The van der Waals surface area contributed by atoms with Crippen LogP contribution in [0.4, 0.5) is 0 Å². The van der Waals surface area contributed by atoms with Crippen molar-refractivity contribution in [1.29, 1.82) is 0 Å². The van der Waals surface area contributed by atoms with Crippen molar-refractivity contribution in [3.8, 4) is 5.75 Å². The number of unbranched alkanes of at least 4 members (excludes halogenated alkanes) is 6. The molecule has 3 aromatic carbocycles. The molecule has 0 saturated carbocycles. The molecule has 0 aliphatic carbocycles. The molecule has 0 aliphatic rings. The van der Waals surface area contributed by atoms with Gasteiger partial charge < -0.3 is 4.74 Å². The van der Waals surface area contributed by atoms with E-state index in [1.807, 2.05) is 36.4 Å². The monoisotopic (exact) mass is 444 g/mol. The summed E-state index contributed by atoms with van der Waals surface area (Å²) in [5, 5.41) is 5.88. The fourth-order valence-electron chi connectivity index (χ4n) is 3.66. The maximum atomic E-state index is 12.6. The van der Waals surface area contributed by atoms with Crippen LogP contribution in [0.3, 0.4) is 0 Å². The van der Waals surface area contributed by atoms with Crippen molar-refractivity contribution in [2.45, 2.75) is 58.3 Å². The highest BCUT2D eigenvalue weighted by Crippen LogP contribution is 2.21. The molecule has 3 aromatic rings. The van der Waals surface area contributed by atoms with Gasteiger partial charge in [0.1, 0.15) is 5.75 Å². The van der Waals surface area contributed by atoms with Gasteiger partial charge in [-0.25, -0.2) is 10.2 Å². The van der Waals surface area contributed by atoms with E-state index in [1.54, 1.807) is 36.5 Å². The minimum Gasteiger partial charge on any atom is -0.423 e. The van der Waals surface area contributed by atoms with Crippen LogP contribution in [-0.4, -0.2) is 18.1 Å². The summed E-state index contributed by atoms with van der Waals surface area (Å²) in [6.45, 7) is 2.21. The minimum absolute atomic E-state index is 0.0690. The van der Waals surface area contributed by atoms with Crippen LogP contribution in [0, 0.1) is 0 Å². The Balaban J connectivity index is 1.43. The maximum absolute atomic E-state index is 12.6. The largest absolute Gasteiger partial charge is 0.423 e. The van der Waals surface area contributed by atoms with Crippen molar-refractivity contribution < 1.29 is 14.3 Å². The van der Waals surface area contributed by atoms with E-state index in [0.29, 0.717) is 17.7 Å². The SMILES string of the molecule is CCCCCCCCCC(=O)NN=Cc1ccc(OC(=O)c2cccc3ccccc23)cc1. The second-order valence-corrected chi connectivity index (χ2v) is 8.15. The minimum atomic E-state index is -0.397. The van der Waals surface area contributed by atoms with Gasteiger partial charge in [0, 0.05) is 6.42 Å². The van der Waals surface area contributed by atoms with Gasteiger partial charge in [0.25, 0.3) is 0 Å². The molecule has 0 radical (unpaired) electrons. The number of carbonyl (C=O) groups is 2. The first kappa shape index (κ1) is 24.2. The molecule has 1 N–H and O–H groups in total. The number of hydrogen-bond donors (Lipinski definition) is 1. The smallest absolute Gasteiger partial charge is 0.344 e. The highest BCUT2D eigenvalue weighted by molar-refractivity contribution is 6.05. The van der Waals surface area contributed by atoms with E-state index in [-0.39, 0.29) is 5.91 Å². The number of esters is 1. The van der Waals surface area contributed by atoms with Crippen LogP contribution in [0.5, 0.6) is 5.75 Å². The second kappa shape index (κ2) is 13.2. The predicted octanol–water partition coefficient (Wildman–Crippen LogP) is 6.65. The molecule has 1 amide bonds. The van der Waals surface area contributed by atoms with Crippen LogP contribution in [-0.2, 0) is 4.79 Å². The van der Waals surface area contributed by atoms with Crippen LogP contribution in [0.15, 0.2) is 71.8 Å². The van der Waals surface area contributed by atoms with E-state index in [2.05, 4.69) is 17.5 Å². The Hall–Kier alpha value is -3.47. The molecular formula is C28H32N2O3. The first-order valence-corrected chi connectivity index (χ1v) is 11.8.